The van der Waals surface area contributed by atoms with E-state index in [0.29, 0.717) is 42.8 Å². The Labute approximate surface area is 130 Å². The molecule has 0 heterocycles. The minimum atomic E-state index is -0.342. The van der Waals surface area contributed by atoms with Gasteiger partial charge in [0.15, 0.2) is 5.78 Å². The van der Waals surface area contributed by atoms with Crippen LogP contribution in [0.1, 0.15) is 51.9 Å². The quantitative estimate of drug-likeness (QED) is 0.673. The number of carbonyl (C=O) groups excluding carboxylic acids is 2. The van der Waals surface area contributed by atoms with Crippen LogP contribution in [0.5, 0.6) is 0 Å². The largest absolute Gasteiger partial charge is 0.299 e. The highest BCUT2D eigenvalue weighted by molar-refractivity contribution is 5.91. The summed E-state index contributed by atoms with van der Waals surface area (Å²) in [5.74, 6) is 1.94. The second-order valence-electron chi connectivity index (χ2n) is 7.91. The zero-order valence-corrected chi connectivity index (χ0v) is 13.1. The number of Topliss-reactive ketones (excluding diaryl/α,β-unsaturated/α-hetero) is 1. The minimum absolute atomic E-state index is 0.224. The van der Waals surface area contributed by atoms with E-state index >= 15 is 0 Å². The Balaban J connectivity index is 1.75. The third-order valence-electron chi connectivity index (χ3n) is 6.98. The zero-order chi connectivity index (χ0) is 15.5. The van der Waals surface area contributed by atoms with Crippen molar-refractivity contribution >= 4 is 11.6 Å². The van der Waals surface area contributed by atoms with Gasteiger partial charge >= 0.3 is 0 Å². The Bertz CT molecular complexity index is 603. The number of ketones is 2. The van der Waals surface area contributed by atoms with E-state index in [2.05, 4.69) is 6.92 Å². The average molecular weight is 302 g/mol. The summed E-state index contributed by atoms with van der Waals surface area (Å²) in [4.78, 5) is 24.1. The monoisotopic (exact) mass is 302 g/mol. The van der Waals surface area contributed by atoms with Gasteiger partial charge in [-0.3, -0.25) is 9.59 Å². The van der Waals surface area contributed by atoms with E-state index < -0.39 is 0 Å². The van der Waals surface area contributed by atoms with Crippen molar-refractivity contribution < 1.29 is 14.0 Å². The molecule has 0 saturated heterocycles. The third kappa shape index (κ3) is 1.83. The number of rotatable bonds is 0. The molecule has 3 saturated carbocycles. The Hall–Kier alpha value is -1.25. The maximum atomic E-state index is 13.7. The van der Waals surface area contributed by atoms with Gasteiger partial charge in [0, 0.05) is 18.3 Å². The van der Waals surface area contributed by atoms with Crippen molar-refractivity contribution in [2.75, 3.05) is 0 Å². The number of fused-ring (bicyclic) bond motifs is 5. The molecule has 3 heteroatoms. The molecule has 0 amide bonds. The predicted octanol–water partition coefficient (Wildman–Crippen LogP) is 4.16. The molecule has 0 radical (unpaired) electrons. The van der Waals surface area contributed by atoms with E-state index in [1.54, 1.807) is 0 Å². The summed E-state index contributed by atoms with van der Waals surface area (Å²) in [6, 6.07) is 0. The van der Waals surface area contributed by atoms with Gasteiger partial charge in [0.05, 0.1) is 6.33 Å². The lowest BCUT2D eigenvalue weighted by Gasteiger charge is -2.52. The second kappa shape index (κ2) is 4.87. The molecule has 0 unspecified atom stereocenters. The first-order valence-electron chi connectivity index (χ1n) is 8.60. The number of halogens is 1. The van der Waals surface area contributed by atoms with Crippen LogP contribution in [0.3, 0.4) is 0 Å². The van der Waals surface area contributed by atoms with Gasteiger partial charge < -0.3 is 0 Å². The fourth-order valence-electron chi connectivity index (χ4n) is 6.00. The van der Waals surface area contributed by atoms with Gasteiger partial charge in [-0.15, -0.1) is 0 Å². The molecule has 0 aromatic heterocycles. The second-order valence-corrected chi connectivity index (χ2v) is 7.91. The molecular formula is C19H23FO2. The number of hydrogen-bond donors (Lipinski definition) is 0. The summed E-state index contributed by atoms with van der Waals surface area (Å²) in [6.07, 6.45) is 8.25. The molecule has 5 atom stereocenters. The van der Waals surface area contributed by atoms with Crippen molar-refractivity contribution in [1.29, 1.82) is 0 Å². The maximum absolute atomic E-state index is 13.7. The molecule has 118 valence electrons. The van der Waals surface area contributed by atoms with E-state index in [1.165, 1.54) is 5.57 Å². The number of hydrogen-bond acceptors (Lipinski definition) is 2. The zero-order valence-electron chi connectivity index (χ0n) is 13.1. The first-order chi connectivity index (χ1) is 10.5. The highest BCUT2D eigenvalue weighted by Crippen LogP contribution is 2.62. The summed E-state index contributed by atoms with van der Waals surface area (Å²) in [7, 11) is 0. The van der Waals surface area contributed by atoms with Crippen LogP contribution in [0.4, 0.5) is 4.39 Å². The van der Waals surface area contributed by atoms with E-state index in [0.717, 1.165) is 37.6 Å². The Morgan fingerprint density at radius 1 is 1.18 bits per heavy atom. The highest BCUT2D eigenvalue weighted by atomic mass is 19.1. The van der Waals surface area contributed by atoms with Crippen LogP contribution in [0.15, 0.2) is 23.6 Å². The molecule has 3 fully saturated rings. The SMILES string of the molecule is C[C@]12C/C(=C/F)[C@H]3[C@@H](CCC4=CC(=O)CC[C@@H]43)[C@@H]1CCC2=O. The lowest BCUT2D eigenvalue weighted by molar-refractivity contribution is -0.129. The molecule has 4 rings (SSSR count). The summed E-state index contributed by atoms with van der Waals surface area (Å²) in [5.41, 5.74) is 1.74. The van der Waals surface area contributed by atoms with Crippen molar-refractivity contribution in [3.8, 4) is 0 Å². The highest BCUT2D eigenvalue weighted by Gasteiger charge is 2.57. The molecule has 22 heavy (non-hydrogen) atoms. The summed E-state index contributed by atoms with van der Waals surface area (Å²) >= 11 is 0. The molecule has 2 nitrogen and oxygen atoms in total. The van der Waals surface area contributed by atoms with Gasteiger partial charge in [-0.1, -0.05) is 12.5 Å². The average Bonchev–Trinajstić information content (AvgIpc) is 2.81. The van der Waals surface area contributed by atoms with Crippen LogP contribution in [0, 0.1) is 29.1 Å². The van der Waals surface area contributed by atoms with Gasteiger partial charge in [-0.05, 0) is 67.4 Å². The molecule has 0 aromatic rings. The normalized spacial score (nSPS) is 46.1. The Kier molecular flexibility index (Phi) is 3.18. The van der Waals surface area contributed by atoms with Crippen LogP contribution in [-0.4, -0.2) is 11.6 Å². The smallest absolute Gasteiger partial charge is 0.155 e. The standard InChI is InChI=1S/C19H23FO2/c1-19-9-12(10-20)18-14-5-3-13(21)8-11(14)2-4-15(18)16(19)6-7-17(19)22/h8,10,14-16,18H,2-7,9H2,1H3/b12-10-/t14-,15-,16-,18+,19-/m0/s1. The van der Waals surface area contributed by atoms with Gasteiger partial charge in [0.1, 0.15) is 5.78 Å². The first kappa shape index (κ1) is 14.3. The fraction of sp³-hybridized carbons (Fsp3) is 0.684. The molecule has 4 aliphatic carbocycles. The van der Waals surface area contributed by atoms with Crippen molar-refractivity contribution in [3.05, 3.63) is 23.6 Å². The summed E-state index contributed by atoms with van der Waals surface area (Å²) in [5, 5.41) is 0. The molecule has 4 aliphatic rings. The van der Waals surface area contributed by atoms with Gasteiger partial charge in [0.2, 0.25) is 0 Å². The van der Waals surface area contributed by atoms with Crippen LogP contribution in [0.25, 0.3) is 0 Å². The molecule has 0 spiro atoms. The molecule has 0 aliphatic heterocycles. The summed E-state index contributed by atoms with van der Waals surface area (Å²) < 4.78 is 13.7. The predicted molar refractivity (Wildman–Crippen MR) is 81.7 cm³/mol. The number of carbonyl (C=O) groups is 2. The lowest BCUT2D eigenvalue weighted by Crippen LogP contribution is -2.47. The van der Waals surface area contributed by atoms with Crippen molar-refractivity contribution in [3.63, 3.8) is 0 Å². The van der Waals surface area contributed by atoms with Crippen molar-refractivity contribution in [2.45, 2.75) is 51.9 Å². The van der Waals surface area contributed by atoms with Crippen molar-refractivity contribution in [2.24, 2.45) is 29.1 Å². The van der Waals surface area contributed by atoms with Crippen LogP contribution >= 0.6 is 0 Å². The van der Waals surface area contributed by atoms with Crippen LogP contribution in [0.2, 0.25) is 0 Å². The Morgan fingerprint density at radius 2 is 2.00 bits per heavy atom. The third-order valence-corrected chi connectivity index (χ3v) is 6.98. The number of allylic oxidation sites excluding steroid dienone is 2. The molecule has 0 aromatic carbocycles. The summed E-state index contributed by atoms with van der Waals surface area (Å²) in [6.45, 7) is 2.06. The van der Waals surface area contributed by atoms with Gasteiger partial charge in [-0.25, -0.2) is 4.39 Å². The van der Waals surface area contributed by atoms with E-state index in [9.17, 15) is 14.0 Å². The van der Waals surface area contributed by atoms with E-state index in [1.807, 2.05) is 6.08 Å². The fourth-order valence-corrected chi connectivity index (χ4v) is 6.00. The van der Waals surface area contributed by atoms with Crippen LogP contribution < -0.4 is 0 Å². The van der Waals surface area contributed by atoms with Gasteiger partial charge in [0.25, 0.3) is 0 Å². The lowest BCUT2D eigenvalue weighted by atomic mass is 9.51. The van der Waals surface area contributed by atoms with E-state index in [-0.39, 0.29) is 17.1 Å². The van der Waals surface area contributed by atoms with E-state index in [4.69, 9.17) is 0 Å². The maximum Gasteiger partial charge on any atom is 0.155 e. The van der Waals surface area contributed by atoms with Crippen LogP contribution in [-0.2, 0) is 9.59 Å². The van der Waals surface area contributed by atoms with Gasteiger partial charge in [-0.2, -0.15) is 0 Å². The molecule has 0 N–H and O–H groups in total. The molecule has 0 bridgehead atoms. The Morgan fingerprint density at radius 3 is 2.77 bits per heavy atom. The minimum Gasteiger partial charge on any atom is -0.299 e. The molecular weight excluding hydrogens is 279 g/mol. The van der Waals surface area contributed by atoms with Crippen molar-refractivity contribution in [1.82, 2.24) is 0 Å². The first-order valence-corrected chi connectivity index (χ1v) is 8.60. The topological polar surface area (TPSA) is 34.1 Å².